The molecule has 0 fully saturated rings. The lowest BCUT2D eigenvalue weighted by molar-refractivity contribution is 0.0206. The van der Waals surface area contributed by atoms with Crippen LogP contribution in [0.15, 0.2) is 23.3 Å². The SMILES string of the molecule is CC/C(C)=N/N(C(N)=O)N1C(=O)c2cccc(C)c2C1=O. The zero-order valence-corrected chi connectivity index (χ0v) is 12.1. The molecule has 21 heavy (non-hydrogen) atoms. The Hall–Kier alpha value is -2.70. The molecule has 2 rings (SSSR count). The van der Waals surface area contributed by atoms with Crippen molar-refractivity contribution in [3.8, 4) is 0 Å². The normalized spacial score (nSPS) is 14.4. The Morgan fingerprint density at radius 2 is 2.00 bits per heavy atom. The van der Waals surface area contributed by atoms with Gasteiger partial charge in [0.1, 0.15) is 0 Å². The van der Waals surface area contributed by atoms with Crippen molar-refractivity contribution in [1.29, 1.82) is 0 Å². The standard InChI is InChI=1S/C14H16N4O3/c1-4-9(3)16-18(14(15)21)17-12(19)10-7-5-6-8(2)11(10)13(17)20/h5-7H,4H2,1-3H3,(H2,15,21)/b16-9+. The van der Waals surface area contributed by atoms with Crippen LogP contribution in [0.1, 0.15) is 46.5 Å². The summed E-state index contributed by atoms with van der Waals surface area (Å²) in [4.78, 5) is 36.4. The number of primary amides is 1. The predicted molar refractivity (Wildman–Crippen MR) is 76.5 cm³/mol. The number of carbonyl (C=O) groups excluding carboxylic acids is 3. The van der Waals surface area contributed by atoms with Crippen LogP contribution in [0, 0.1) is 6.92 Å². The van der Waals surface area contributed by atoms with Crippen LogP contribution in [0.4, 0.5) is 4.79 Å². The van der Waals surface area contributed by atoms with Gasteiger partial charge in [0.05, 0.1) is 11.1 Å². The van der Waals surface area contributed by atoms with Gasteiger partial charge in [0.25, 0.3) is 11.8 Å². The fourth-order valence-corrected chi connectivity index (χ4v) is 2.04. The number of carbonyl (C=O) groups is 3. The quantitative estimate of drug-likeness (QED) is 0.520. The van der Waals surface area contributed by atoms with Crippen LogP contribution in [0.5, 0.6) is 0 Å². The smallest absolute Gasteiger partial charge is 0.348 e. The molecule has 0 atom stereocenters. The van der Waals surface area contributed by atoms with Crippen LogP contribution in [-0.2, 0) is 0 Å². The molecule has 1 heterocycles. The molecule has 7 nitrogen and oxygen atoms in total. The molecule has 1 aromatic carbocycles. The van der Waals surface area contributed by atoms with E-state index in [0.29, 0.717) is 27.8 Å². The lowest BCUT2D eigenvalue weighted by Crippen LogP contribution is -2.49. The third kappa shape index (κ3) is 2.37. The highest BCUT2D eigenvalue weighted by Gasteiger charge is 2.42. The number of urea groups is 1. The number of imide groups is 1. The molecule has 0 spiro atoms. The Kier molecular flexibility index (Phi) is 3.75. The number of rotatable bonds is 3. The molecule has 0 radical (unpaired) electrons. The van der Waals surface area contributed by atoms with Crippen LogP contribution in [0.2, 0.25) is 0 Å². The number of hydrogen-bond donors (Lipinski definition) is 1. The van der Waals surface area contributed by atoms with Gasteiger partial charge in [-0.3, -0.25) is 9.59 Å². The van der Waals surface area contributed by atoms with Gasteiger partial charge in [0.15, 0.2) is 0 Å². The van der Waals surface area contributed by atoms with Gasteiger partial charge < -0.3 is 5.73 Å². The molecule has 0 saturated heterocycles. The molecule has 1 aromatic rings. The van der Waals surface area contributed by atoms with Crippen molar-refractivity contribution in [3.63, 3.8) is 0 Å². The molecule has 0 aliphatic carbocycles. The number of hydrazine groups is 1. The van der Waals surface area contributed by atoms with Crippen LogP contribution in [0.3, 0.4) is 0 Å². The molecule has 0 aromatic heterocycles. The molecule has 4 amide bonds. The highest BCUT2D eigenvalue weighted by Crippen LogP contribution is 2.27. The number of hydrogen-bond acceptors (Lipinski definition) is 4. The van der Waals surface area contributed by atoms with Gasteiger partial charge in [0, 0.05) is 5.71 Å². The second-order valence-corrected chi connectivity index (χ2v) is 4.74. The summed E-state index contributed by atoms with van der Waals surface area (Å²) in [5.41, 5.74) is 7.01. The third-order valence-electron chi connectivity index (χ3n) is 3.27. The van der Waals surface area contributed by atoms with E-state index >= 15 is 0 Å². The Labute approximate surface area is 122 Å². The summed E-state index contributed by atoms with van der Waals surface area (Å²) in [5, 5.41) is 5.26. The zero-order chi connectivity index (χ0) is 15.7. The van der Waals surface area contributed by atoms with E-state index in [1.807, 2.05) is 6.92 Å². The Bertz CT molecular complexity index is 666. The number of hydrazone groups is 1. The van der Waals surface area contributed by atoms with Crippen molar-refractivity contribution in [1.82, 2.24) is 10.1 Å². The number of benzene rings is 1. The molecule has 110 valence electrons. The average molecular weight is 288 g/mol. The Morgan fingerprint density at radius 1 is 1.33 bits per heavy atom. The zero-order valence-electron chi connectivity index (χ0n) is 12.1. The van der Waals surface area contributed by atoms with E-state index in [-0.39, 0.29) is 11.1 Å². The monoisotopic (exact) mass is 288 g/mol. The minimum absolute atomic E-state index is 0.246. The summed E-state index contributed by atoms with van der Waals surface area (Å²) in [6.07, 6.45) is 0.561. The van der Waals surface area contributed by atoms with E-state index in [4.69, 9.17) is 5.73 Å². The fraction of sp³-hybridized carbons (Fsp3) is 0.286. The number of nitrogens with two attached hydrogens (primary N) is 1. The Morgan fingerprint density at radius 3 is 2.52 bits per heavy atom. The number of amides is 4. The number of fused-ring (bicyclic) bond motifs is 1. The average Bonchev–Trinajstić information content (AvgIpc) is 2.69. The van der Waals surface area contributed by atoms with Gasteiger partial charge in [-0.1, -0.05) is 19.1 Å². The minimum Gasteiger partial charge on any atom is -0.348 e. The minimum atomic E-state index is -0.991. The van der Waals surface area contributed by atoms with Crippen molar-refractivity contribution in [2.75, 3.05) is 0 Å². The maximum absolute atomic E-state index is 12.4. The lowest BCUT2D eigenvalue weighted by atomic mass is 10.0. The second-order valence-electron chi connectivity index (χ2n) is 4.74. The van der Waals surface area contributed by atoms with E-state index in [2.05, 4.69) is 5.10 Å². The third-order valence-corrected chi connectivity index (χ3v) is 3.27. The highest BCUT2D eigenvalue weighted by molar-refractivity contribution is 6.22. The van der Waals surface area contributed by atoms with E-state index in [9.17, 15) is 14.4 Å². The largest absolute Gasteiger partial charge is 0.355 e. The van der Waals surface area contributed by atoms with E-state index in [0.717, 1.165) is 0 Å². The molecule has 1 aliphatic rings. The van der Waals surface area contributed by atoms with Gasteiger partial charge in [-0.25, -0.2) is 4.79 Å². The predicted octanol–water partition coefficient (Wildman–Crippen LogP) is 1.67. The molecule has 0 saturated carbocycles. The van der Waals surface area contributed by atoms with Crippen molar-refractivity contribution in [3.05, 3.63) is 34.9 Å². The maximum atomic E-state index is 12.4. The van der Waals surface area contributed by atoms with E-state index in [1.54, 1.807) is 26.0 Å². The van der Waals surface area contributed by atoms with Crippen LogP contribution < -0.4 is 5.73 Å². The first kappa shape index (κ1) is 14.7. The molecule has 7 heteroatoms. The molecule has 0 unspecified atom stereocenters. The number of aryl methyl sites for hydroxylation is 1. The van der Waals surface area contributed by atoms with Crippen molar-refractivity contribution >= 4 is 23.6 Å². The van der Waals surface area contributed by atoms with Crippen molar-refractivity contribution in [2.45, 2.75) is 27.2 Å². The first-order valence-electron chi connectivity index (χ1n) is 6.50. The lowest BCUT2D eigenvalue weighted by Gasteiger charge is -2.23. The van der Waals surface area contributed by atoms with Crippen LogP contribution in [0.25, 0.3) is 0 Å². The summed E-state index contributed by atoms with van der Waals surface area (Å²) in [6.45, 7) is 5.24. The second kappa shape index (κ2) is 5.35. The van der Waals surface area contributed by atoms with E-state index in [1.165, 1.54) is 6.07 Å². The molecule has 2 N–H and O–H groups in total. The first-order chi connectivity index (χ1) is 9.88. The number of nitrogens with zero attached hydrogens (tertiary/aromatic N) is 3. The van der Waals surface area contributed by atoms with Gasteiger partial charge in [0.2, 0.25) is 0 Å². The van der Waals surface area contributed by atoms with Crippen LogP contribution >= 0.6 is 0 Å². The molecular formula is C14H16N4O3. The fourth-order valence-electron chi connectivity index (χ4n) is 2.04. The van der Waals surface area contributed by atoms with Crippen LogP contribution in [-0.4, -0.2) is 33.7 Å². The maximum Gasteiger partial charge on any atom is 0.355 e. The Balaban J connectivity index is 2.51. The molecular weight excluding hydrogens is 272 g/mol. The summed E-state index contributed by atoms with van der Waals surface area (Å²) in [5.74, 6) is -1.20. The van der Waals surface area contributed by atoms with E-state index < -0.39 is 17.8 Å². The van der Waals surface area contributed by atoms with Gasteiger partial charge in [-0.15, -0.1) is 5.12 Å². The van der Waals surface area contributed by atoms with Crippen molar-refractivity contribution in [2.24, 2.45) is 10.8 Å². The summed E-state index contributed by atoms with van der Waals surface area (Å²) >= 11 is 0. The summed E-state index contributed by atoms with van der Waals surface area (Å²) in [6, 6.07) is 3.95. The highest BCUT2D eigenvalue weighted by atomic mass is 16.2. The first-order valence-corrected chi connectivity index (χ1v) is 6.50. The molecule has 1 aliphatic heterocycles. The van der Waals surface area contributed by atoms with Gasteiger partial charge in [-0.05, 0) is 31.9 Å². The van der Waals surface area contributed by atoms with Gasteiger partial charge >= 0.3 is 6.03 Å². The summed E-state index contributed by atoms with van der Waals surface area (Å²) in [7, 11) is 0. The van der Waals surface area contributed by atoms with Gasteiger partial charge in [-0.2, -0.15) is 10.1 Å². The van der Waals surface area contributed by atoms with Crippen molar-refractivity contribution < 1.29 is 14.4 Å². The topological polar surface area (TPSA) is 96.1 Å². The molecule has 0 bridgehead atoms. The summed E-state index contributed by atoms with van der Waals surface area (Å²) < 4.78 is 0.